The molecule has 1 unspecified atom stereocenters. The van der Waals surface area contributed by atoms with Crippen molar-refractivity contribution in [2.75, 3.05) is 5.32 Å². The molecule has 0 bridgehead atoms. The average Bonchev–Trinajstić information content (AvgIpc) is 2.70. The fourth-order valence-electron chi connectivity index (χ4n) is 1.52. The molecule has 0 aliphatic rings. The summed E-state index contributed by atoms with van der Waals surface area (Å²) in [5, 5.41) is 11.3. The maximum Gasteiger partial charge on any atom is 0.224 e. The highest BCUT2D eigenvalue weighted by atomic mass is 35.5. The number of hydrogen-bond acceptors (Lipinski definition) is 5. The third-order valence-electron chi connectivity index (χ3n) is 2.43. The van der Waals surface area contributed by atoms with Crippen molar-refractivity contribution in [1.82, 2.24) is 24.7 Å². The maximum absolute atomic E-state index is 5.76. The SMILES string of the molecule is Cc1cnc(Cl)nc1NC(C)c1nncn1C. The van der Waals surface area contributed by atoms with Crippen LogP contribution in [0.15, 0.2) is 12.5 Å². The number of hydrogen-bond donors (Lipinski definition) is 1. The van der Waals surface area contributed by atoms with Gasteiger partial charge in [-0.25, -0.2) is 9.97 Å². The minimum atomic E-state index is -0.00725. The van der Waals surface area contributed by atoms with Gasteiger partial charge in [-0.2, -0.15) is 0 Å². The molecule has 0 fully saturated rings. The van der Waals surface area contributed by atoms with E-state index >= 15 is 0 Å². The van der Waals surface area contributed by atoms with Gasteiger partial charge in [0.2, 0.25) is 5.28 Å². The Morgan fingerprint density at radius 2 is 2.24 bits per heavy atom. The first-order valence-corrected chi connectivity index (χ1v) is 5.55. The molecule has 0 saturated heterocycles. The minimum Gasteiger partial charge on any atom is -0.360 e. The number of anilines is 1. The zero-order valence-electron chi connectivity index (χ0n) is 9.85. The molecule has 2 heterocycles. The van der Waals surface area contributed by atoms with E-state index in [1.807, 2.05) is 25.5 Å². The summed E-state index contributed by atoms with van der Waals surface area (Å²) >= 11 is 5.76. The molecule has 0 saturated carbocycles. The van der Waals surface area contributed by atoms with Gasteiger partial charge in [0.15, 0.2) is 5.82 Å². The molecule has 1 N–H and O–H groups in total. The lowest BCUT2D eigenvalue weighted by Gasteiger charge is -2.14. The molecule has 0 aromatic carbocycles. The standard InChI is InChI=1S/C10H13ClN6/c1-6-4-12-10(11)15-8(6)14-7(2)9-16-13-5-17(9)3/h4-5,7H,1-3H3,(H,12,14,15). The number of nitrogens with one attached hydrogen (secondary N) is 1. The third kappa shape index (κ3) is 2.52. The Balaban J connectivity index is 2.21. The van der Waals surface area contributed by atoms with Gasteiger partial charge in [0, 0.05) is 18.8 Å². The molecular formula is C10H13ClN6. The Morgan fingerprint density at radius 3 is 2.88 bits per heavy atom. The van der Waals surface area contributed by atoms with Crippen molar-refractivity contribution in [1.29, 1.82) is 0 Å². The molecule has 0 spiro atoms. The Labute approximate surface area is 104 Å². The van der Waals surface area contributed by atoms with Crippen molar-refractivity contribution >= 4 is 17.4 Å². The predicted molar refractivity (Wildman–Crippen MR) is 64.8 cm³/mol. The van der Waals surface area contributed by atoms with Gasteiger partial charge in [-0.05, 0) is 25.4 Å². The first-order chi connectivity index (χ1) is 8.08. The molecule has 0 radical (unpaired) electrons. The van der Waals surface area contributed by atoms with Gasteiger partial charge in [0.25, 0.3) is 0 Å². The van der Waals surface area contributed by atoms with Crippen molar-refractivity contribution in [2.45, 2.75) is 19.9 Å². The molecule has 1 atom stereocenters. The summed E-state index contributed by atoms with van der Waals surface area (Å²) in [6.07, 6.45) is 3.34. The Morgan fingerprint density at radius 1 is 1.47 bits per heavy atom. The van der Waals surface area contributed by atoms with Crippen molar-refractivity contribution in [2.24, 2.45) is 7.05 Å². The molecule has 0 aliphatic carbocycles. The van der Waals surface area contributed by atoms with Gasteiger partial charge in [0.1, 0.15) is 12.1 Å². The lowest BCUT2D eigenvalue weighted by Crippen LogP contribution is -2.13. The van der Waals surface area contributed by atoms with Crippen molar-refractivity contribution in [3.63, 3.8) is 0 Å². The van der Waals surface area contributed by atoms with E-state index in [9.17, 15) is 0 Å². The van der Waals surface area contributed by atoms with Gasteiger partial charge in [-0.1, -0.05) is 0 Å². The van der Waals surface area contributed by atoms with Crippen LogP contribution < -0.4 is 5.32 Å². The summed E-state index contributed by atoms with van der Waals surface area (Å²) in [4.78, 5) is 8.05. The van der Waals surface area contributed by atoms with E-state index in [4.69, 9.17) is 11.6 Å². The van der Waals surface area contributed by atoms with E-state index in [0.717, 1.165) is 11.4 Å². The highest BCUT2D eigenvalue weighted by Gasteiger charge is 2.13. The van der Waals surface area contributed by atoms with Crippen LogP contribution in [0.3, 0.4) is 0 Å². The fraction of sp³-hybridized carbons (Fsp3) is 0.400. The quantitative estimate of drug-likeness (QED) is 0.843. The van der Waals surface area contributed by atoms with Crippen molar-refractivity contribution in [3.8, 4) is 0 Å². The average molecular weight is 253 g/mol. The van der Waals surface area contributed by atoms with Gasteiger partial charge in [0.05, 0.1) is 6.04 Å². The largest absolute Gasteiger partial charge is 0.360 e. The molecule has 6 nitrogen and oxygen atoms in total. The van der Waals surface area contributed by atoms with Crippen LogP contribution in [0.2, 0.25) is 5.28 Å². The molecule has 0 aliphatic heterocycles. The number of aromatic nitrogens is 5. The van der Waals surface area contributed by atoms with E-state index < -0.39 is 0 Å². The van der Waals surface area contributed by atoms with Gasteiger partial charge in [-0.3, -0.25) is 0 Å². The summed E-state index contributed by atoms with van der Waals surface area (Å²) in [6.45, 7) is 3.90. The third-order valence-corrected chi connectivity index (χ3v) is 2.61. The smallest absolute Gasteiger partial charge is 0.224 e. The fourth-order valence-corrected chi connectivity index (χ4v) is 1.65. The van der Waals surface area contributed by atoms with Gasteiger partial charge < -0.3 is 9.88 Å². The summed E-state index contributed by atoms with van der Waals surface area (Å²) in [5.74, 6) is 1.54. The molecule has 2 aromatic rings. The Hall–Kier alpha value is -1.69. The zero-order valence-corrected chi connectivity index (χ0v) is 10.6. The second-order valence-corrected chi connectivity index (χ2v) is 4.17. The lowest BCUT2D eigenvalue weighted by molar-refractivity contribution is 0.715. The van der Waals surface area contributed by atoms with Crippen LogP contribution in [0.4, 0.5) is 5.82 Å². The van der Waals surface area contributed by atoms with Crippen LogP contribution in [0.1, 0.15) is 24.4 Å². The van der Waals surface area contributed by atoms with Crippen LogP contribution in [-0.4, -0.2) is 24.7 Å². The molecule has 2 rings (SSSR count). The van der Waals surface area contributed by atoms with Gasteiger partial charge >= 0.3 is 0 Å². The summed E-state index contributed by atoms with van der Waals surface area (Å²) < 4.78 is 1.86. The second kappa shape index (κ2) is 4.67. The molecule has 2 aromatic heterocycles. The van der Waals surface area contributed by atoms with Gasteiger partial charge in [-0.15, -0.1) is 10.2 Å². The topological polar surface area (TPSA) is 68.5 Å². The van der Waals surface area contributed by atoms with E-state index in [-0.39, 0.29) is 11.3 Å². The zero-order chi connectivity index (χ0) is 12.4. The van der Waals surface area contributed by atoms with Crippen LogP contribution in [0.25, 0.3) is 0 Å². The van der Waals surface area contributed by atoms with E-state index in [1.54, 1.807) is 12.5 Å². The number of halogens is 1. The van der Waals surface area contributed by atoms with E-state index in [0.29, 0.717) is 5.82 Å². The van der Waals surface area contributed by atoms with E-state index in [1.165, 1.54) is 0 Å². The molecule has 0 amide bonds. The number of aryl methyl sites for hydroxylation is 2. The van der Waals surface area contributed by atoms with Crippen LogP contribution in [0.5, 0.6) is 0 Å². The minimum absolute atomic E-state index is 0.00725. The maximum atomic E-state index is 5.76. The monoisotopic (exact) mass is 252 g/mol. The second-order valence-electron chi connectivity index (χ2n) is 3.84. The molecule has 90 valence electrons. The number of nitrogens with zero attached hydrogens (tertiary/aromatic N) is 5. The van der Waals surface area contributed by atoms with E-state index in [2.05, 4.69) is 25.5 Å². The summed E-state index contributed by atoms with van der Waals surface area (Å²) in [5.41, 5.74) is 0.934. The highest BCUT2D eigenvalue weighted by molar-refractivity contribution is 6.28. The summed E-state index contributed by atoms with van der Waals surface area (Å²) in [6, 6.07) is -0.00725. The molecule has 17 heavy (non-hydrogen) atoms. The Bertz CT molecular complexity index is 523. The van der Waals surface area contributed by atoms with Crippen LogP contribution in [-0.2, 0) is 7.05 Å². The van der Waals surface area contributed by atoms with Crippen molar-refractivity contribution < 1.29 is 0 Å². The lowest BCUT2D eigenvalue weighted by atomic mass is 10.3. The van der Waals surface area contributed by atoms with Crippen LogP contribution >= 0.6 is 11.6 Å². The van der Waals surface area contributed by atoms with Crippen LogP contribution in [0, 0.1) is 6.92 Å². The highest BCUT2D eigenvalue weighted by Crippen LogP contribution is 2.19. The van der Waals surface area contributed by atoms with Crippen molar-refractivity contribution in [3.05, 3.63) is 29.2 Å². The molecular weight excluding hydrogens is 240 g/mol. The number of rotatable bonds is 3. The Kier molecular flexibility index (Phi) is 3.23. The first kappa shape index (κ1) is 11.8. The summed E-state index contributed by atoms with van der Waals surface area (Å²) in [7, 11) is 1.90. The first-order valence-electron chi connectivity index (χ1n) is 5.17. The normalized spacial score (nSPS) is 12.5. The molecule has 7 heteroatoms. The predicted octanol–water partition coefficient (Wildman–Crippen LogP) is 1.74.